The quantitative estimate of drug-likeness (QED) is 0.833. The van der Waals surface area contributed by atoms with E-state index < -0.39 is 0 Å². The summed E-state index contributed by atoms with van der Waals surface area (Å²) in [5, 5.41) is 3.68. The van der Waals surface area contributed by atoms with Crippen LogP contribution in [-0.2, 0) is 11.2 Å². The Balaban J connectivity index is 1.74. The van der Waals surface area contributed by atoms with Gasteiger partial charge >= 0.3 is 0 Å². The third-order valence-corrected chi connectivity index (χ3v) is 2.82. The Morgan fingerprint density at radius 3 is 2.93 bits per heavy atom. The lowest BCUT2D eigenvalue weighted by atomic mass is 9.80. The Hall–Kier alpha value is -0.420. The average molecular weight is 261 g/mol. The highest BCUT2D eigenvalue weighted by molar-refractivity contribution is 9.10. The van der Waals surface area contributed by atoms with Crippen molar-refractivity contribution in [3.05, 3.63) is 10.6 Å². The van der Waals surface area contributed by atoms with Crippen LogP contribution in [0, 0.1) is 5.92 Å². The second kappa shape index (κ2) is 4.40. The summed E-state index contributed by atoms with van der Waals surface area (Å²) in [5.41, 5.74) is 0. The molecule has 1 saturated carbocycles. The number of rotatable bonds is 4. The topological polar surface area (TPSA) is 48.2 Å². The molecular weight excluding hydrogens is 248 g/mol. The Bertz CT molecular complexity index is 297. The van der Waals surface area contributed by atoms with Gasteiger partial charge in [-0.05, 0) is 46.8 Å². The molecule has 1 aliphatic carbocycles. The van der Waals surface area contributed by atoms with Gasteiger partial charge in [0.05, 0.1) is 6.10 Å². The normalized spacial score (nSPS) is 26.1. The SMILES string of the molecule is CCOC1CC(Cc2nc(Br)no2)C1. The van der Waals surface area contributed by atoms with Crippen LogP contribution in [0.25, 0.3) is 0 Å². The van der Waals surface area contributed by atoms with Crippen LogP contribution in [0.4, 0.5) is 0 Å². The lowest BCUT2D eigenvalue weighted by Crippen LogP contribution is -2.32. The lowest BCUT2D eigenvalue weighted by molar-refractivity contribution is -0.0258. The van der Waals surface area contributed by atoms with E-state index in [2.05, 4.69) is 26.1 Å². The van der Waals surface area contributed by atoms with Crippen LogP contribution in [0.15, 0.2) is 9.26 Å². The van der Waals surface area contributed by atoms with E-state index in [0.717, 1.165) is 31.8 Å². The molecule has 0 radical (unpaired) electrons. The van der Waals surface area contributed by atoms with Crippen molar-refractivity contribution in [1.29, 1.82) is 0 Å². The Morgan fingerprint density at radius 1 is 1.57 bits per heavy atom. The Morgan fingerprint density at radius 2 is 2.36 bits per heavy atom. The molecule has 78 valence electrons. The van der Waals surface area contributed by atoms with E-state index in [0.29, 0.717) is 16.8 Å². The number of aromatic nitrogens is 2. The van der Waals surface area contributed by atoms with Crippen molar-refractivity contribution < 1.29 is 9.26 Å². The van der Waals surface area contributed by atoms with Gasteiger partial charge in [0.15, 0.2) is 0 Å². The fourth-order valence-corrected chi connectivity index (χ4v) is 2.05. The smallest absolute Gasteiger partial charge is 0.238 e. The molecule has 0 bridgehead atoms. The molecule has 1 fully saturated rings. The zero-order chi connectivity index (χ0) is 9.97. The third-order valence-electron chi connectivity index (χ3n) is 2.50. The fraction of sp³-hybridized carbons (Fsp3) is 0.778. The first-order valence-electron chi connectivity index (χ1n) is 4.87. The van der Waals surface area contributed by atoms with Crippen molar-refractivity contribution >= 4 is 15.9 Å². The standard InChI is InChI=1S/C9H13BrN2O2/c1-2-13-7-3-6(4-7)5-8-11-9(10)12-14-8/h6-7H,2-5H2,1H3. The molecule has 1 aromatic heterocycles. The summed E-state index contributed by atoms with van der Waals surface area (Å²) < 4.78 is 11.0. The second-order valence-corrected chi connectivity index (χ2v) is 4.29. The van der Waals surface area contributed by atoms with E-state index >= 15 is 0 Å². The molecule has 0 unspecified atom stereocenters. The Labute approximate surface area is 91.1 Å². The molecule has 0 aliphatic heterocycles. The van der Waals surface area contributed by atoms with Gasteiger partial charge in [-0.3, -0.25) is 0 Å². The van der Waals surface area contributed by atoms with Crippen LogP contribution < -0.4 is 0 Å². The highest BCUT2D eigenvalue weighted by Gasteiger charge is 2.30. The van der Waals surface area contributed by atoms with Crippen LogP contribution in [0.1, 0.15) is 25.7 Å². The second-order valence-electron chi connectivity index (χ2n) is 3.58. The maximum Gasteiger partial charge on any atom is 0.238 e. The van der Waals surface area contributed by atoms with Gasteiger partial charge in [-0.1, -0.05) is 0 Å². The minimum atomic E-state index is 0.455. The summed E-state index contributed by atoms with van der Waals surface area (Å²) in [4.78, 5) is 4.10. The van der Waals surface area contributed by atoms with Crippen molar-refractivity contribution in [2.75, 3.05) is 6.61 Å². The summed E-state index contributed by atoms with van der Waals surface area (Å²) >= 11 is 3.16. The van der Waals surface area contributed by atoms with Gasteiger partial charge in [-0.15, -0.1) is 0 Å². The Kier molecular flexibility index (Phi) is 3.18. The molecule has 2 rings (SSSR count). The summed E-state index contributed by atoms with van der Waals surface area (Å²) in [5.74, 6) is 1.37. The summed E-state index contributed by atoms with van der Waals surface area (Å²) in [7, 11) is 0. The molecule has 0 amide bonds. The first-order valence-corrected chi connectivity index (χ1v) is 5.67. The van der Waals surface area contributed by atoms with Crippen molar-refractivity contribution in [3.63, 3.8) is 0 Å². The monoisotopic (exact) mass is 260 g/mol. The van der Waals surface area contributed by atoms with Crippen LogP contribution in [0.5, 0.6) is 0 Å². The van der Waals surface area contributed by atoms with E-state index in [9.17, 15) is 0 Å². The van der Waals surface area contributed by atoms with Crippen molar-refractivity contribution in [2.24, 2.45) is 5.92 Å². The van der Waals surface area contributed by atoms with Gasteiger partial charge in [0, 0.05) is 13.0 Å². The number of nitrogens with zero attached hydrogens (tertiary/aromatic N) is 2. The maximum atomic E-state index is 5.48. The van der Waals surface area contributed by atoms with E-state index in [1.54, 1.807) is 0 Å². The van der Waals surface area contributed by atoms with Gasteiger partial charge in [0.1, 0.15) is 0 Å². The molecule has 1 heterocycles. The van der Waals surface area contributed by atoms with Gasteiger partial charge in [-0.2, -0.15) is 4.98 Å². The van der Waals surface area contributed by atoms with Crippen molar-refractivity contribution in [2.45, 2.75) is 32.3 Å². The lowest BCUT2D eigenvalue weighted by Gasteiger charge is -2.33. The van der Waals surface area contributed by atoms with Gasteiger partial charge in [0.25, 0.3) is 0 Å². The highest BCUT2D eigenvalue weighted by Crippen LogP contribution is 2.32. The number of halogens is 1. The summed E-state index contributed by atoms with van der Waals surface area (Å²) in [6, 6.07) is 0. The van der Waals surface area contributed by atoms with Crippen LogP contribution in [-0.4, -0.2) is 22.9 Å². The number of hydrogen-bond donors (Lipinski definition) is 0. The minimum absolute atomic E-state index is 0.455. The molecule has 0 saturated heterocycles. The van der Waals surface area contributed by atoms with Crippen LogP contribution in [0.2, 0.25) is 0 Å². The number of ether oxygens (including phenoxy) is 1. The molecule has 0 N–H and O–H groups in total. The molecule has 0 spiro atoms. The number of hydrogen-bond acceptors (Lipinski definition) is 4. The van der Waals surface area contributed by atoms with E-state index in [1.807, 2.05) is 6.92 Å². The van der Waals surface area contributed by atoms with Gasteiger partial charge in [-0.25, -0.2) is 0 Å². The average Bonchev–Trinajstić information content (AvgIpc) is 2.48. The maximum absolute atomic E-state index is 5.48. The summed E-state index contributed by atoms with van der Waals surface area (Å²) in [6.45, 7) is 2.84. The zero-order valence-corrected chi connectivity index (χ0v) is 9.66. The molecule has 4 nitrogen and oxygen atoms in total. The predicted molar refractivity (Wildman–Crippen MR) is 53.8 cm³/mol. The minimum Gasteiger partial charge on any atom is -0.378 e. The van der Waals surface area contributed by atoms with E-state index in [-0.39, 0.29) is 0 Å². The van der Waals surface area contributed by atoms with Crippen molar-refractivity contribution in [1.82, 2.24) is 10.1 Å². The molecule has 0 aromatic carbocycles. The largest absolute Gasteiger partial charge is 0.378 e. The van der Waals surface area contributed by atoms with Crippen molar-refractivity contribution in [3.8, 4) is 0 Å². The molecule has 5 heteroatoms. The fourth-order valence-electron chi connectivity index (χ4n) is 1.78. The zero-order valence-electron chi connectivity index (χ0n) is 8.07. The predicted octanol–water partition coefficient (Wildman–Crippen LogP) is 2.19. The first-order chi connectivity index (χ1) is 6.78. The molecule has 14 heavy (non-hydrogen) atoms. The highest BCUT2D eigenvalue weighted by atomic mass is 79.9. The van der Waals surface area contributed by atoms with Crippen LogP contribution in [0.3, 0.4) is 0 Å². The molecule has 0 atom stereocenters. The first kappa shape index (κ1) is 10.1. The van der Waals surface area contributed by atoms with E-state index in [1.165, 1.54) is 0 Å². The third kappa shape index (κ3) is 2.33. The van der Waals surface area contributed by atoms with E-state index in [4.69, 9.17) is 9.26 Å². The van der Waals surface area contributed by atoms with Gasteiger partial charge < -0.3 is 9.26 Å². The molecular formula is C9H13BrN2O2. The molecule has 1 aromatic rings. The summed E-state index contributed by atoms with van der Waals surface area (Å²) in [6.07, 6.45) is 3.57. The van der Waals surface area contributed by atoms with Gasteiger partial charge in [0.2, 0.25) is 10.6 Å². The molecule has 1 aliphatic rings. The van der Waals surface area contributed by atoms with Crippen LogP contribution >= 0.6 is 15.9 Å².